The zero-order chi connectivity index (χ0) is 17.4. The van der Waals surface area contributed by atoms with E-state index >= 15 is 0 Å². The van der Waals surface area contributed by atoms with Gasteiger partial charge in [-0.2, -0.15) is 4.31 Å². The van der Waals surface area contributed by atoms with Gasteiger partial charge < -0.3 is 0 Å². The lowest BCUT2D eigenvalue weighted by atomic mass is 9.82. The van der Waals surface area contributed by atoms with Crippen LogP contribution in [0.1, 0.15) is 23.5 Å². The molecule has 2 aromatic rings. The largest absolute Gasteiger partial charge is 0.221 e. The molecule has 1 aliphatic carbocycles. The lowest BCUT2D eigenvalue weighted by Crippen LogP contribution is -2.29. The average Bonchev–Trinajstić information content (AvgIpc) is 2.87. The van der Waals surface area contributed by atoms with Gasteiger partial charge in [0.15, 0.2) is 0 Å². The predicted molar refractivity (Wildman–Crippen MR) is 101 cm³/mol. The number of allylic oxidation sites excluding steroid dienone is 1. The van der Waals surface area contributed by atoms with Gasteiger partial charge in [-0.15, -0.1) is 0 Å². The number of sulfonamides is 1. The van der Waals surface area contributed by atoms with E-state index in [1.54, 1.807) is 16.4 Å². The minimum atomic E-state index is -3.29. The van der Waals surface area contributed by atoms with E-state index in [2.05, 4.69) is 18.2 Å². The highest BCUT2D eigenvalue weighted by atomic mass is 35.5. The summed E-state index contributed by atoms with van der Waals surface area (Å²) >= 11 is 5.92. The van der Waals surface area contributed by atoms with Crippen molar-refractivity contribution < 1.29 is 8.42 Å². The first-order valence-electron chi connectivity index (χ1n) is 8.51. The van der Waals surface area contributed by atoms with Crippen LogP contribution in [-0.4, -0.2) is 24.5 Å². The molecule has 0 bridgehead atoms. The summed E-state index contributed by atoms with van der Waals surface area (Å²) in [5, 5.41) is 0.273. The molecular formula is C20H20ClNO2S. The first-order valence-corrected chi connectivity index (χ1v) is 10.4. The van der Waals surface area contributed by atoms with Crippen molar-refractivity contribution in [1.29, 1.82) is 0 Å². The zero-order valence-corrected chi connectivity index (χ0v) is 15.3. The van der Waals surface area contributed by atoms with E-state index in [4.69, 9.17) is 11.6 Å². The zero-order valence-electron chi connectivity index (χ0n) is 13.8. The third-order valence-corrected chi connectivity index (χ3v) is 7.68. The van der Waals surface area contributed by atoms with E-state index in [9.17, 15) is 8.42 Å². The monoisotopic (exact) mass is 373 g/mol. The Labute approximate surface area is 154 Å². The molecule has 1 fully saturated rings. The van der Waals surface area contributed by atoms with Gasteiger partial charge in [-0.05, 0) is 35.6 Å². The minimum Gasteiger partial charge on any atom is -0.212 e. The molecule has 4 rings (SSSR count). The van der Waals surface area contributed by atoms with Crippen molar-refractivity contribution in [2.45, 2.75) is 24.1 Å². The summed E-state index contributed by atoms with van der Waals surface area (Å²) in [5.74, 6) is 0.445. The highest BCUT2D eigenvalue weighted by Gasteiger charge is 2.46. The Bertz CT molecular complexity index is 878. The van der Waals surface area contributed by atoms with Crippen LogP contribution in [-0.2, 0) is 16.6 Å². The van der Waals surface area contributed by atoms with Gasteiger partial charge >= 0.3 is 0 Å². The molecule has 3 atom stereocenters. The van der Waals surface area contributed by atoms with E-state index in [0.717, 1.165) is 12.0 Å². The fraction of sp³-hybridized carbons (Fsp3) is 0.300. The quantitative estimate of drug-likeness (QED) is 0.755. The molecule has 0 unspecified atom stereocenters. The van der Waals surface area contributed by atoms with Gasteiger partial charge in [0.05, 0.1) is 5.25 Å². The van der Waals surface area contributed by atoms with Crippen molar-refractivity contribution in [1.82, 2.24) is 4.31 Å². The summed E-state index contributed by atoms with van der Waals surface area (Å²) in [6.07, 6.45) is 4.85. The van der Waals surface area contributed by atoms with Crippen LogP contribution in [0, 0.1) is 5.92 Å². The molecule has 0 N–H and O–H groups in total. The van der Waals surface area contributed by atoms with Crippen LogP contribution in [0.15, 0.2) is 66.7 Å². The molecule has 0 amide bonds. The smallest absolute Gasteiger partial charge is 0.212 e. The third-order valence-electron chi connectivity index (χ3n) is 5.20. The normalized spacial score (nSPS) is 28.0. The van der Waals surface area contributed by atoms with Crippen molar-refractivity contribution in [3.8, 4) is 0 Å². The van der Waals surface area contributed by atoms with Crippen LogP contribution in [0.4, 0.5) is 0 Å². The van der Waals surface area contributed by atoms with E-state index in [1.165, 1.54) is 5.56 Å². The summed E-state index contributed by atoms with van der Waals surface area (Å²) in [5.41, 5.74) is 2.22. The van der Waals surface area contributed by atoms with Crippen LogP contribution in [0.25, 0.3) is 0 Å². The number of hydrogen-bond donors (Lipinski definition) is 0. The Morgan fingerprint density at radius 3 is 2.44 bits per heavy atom. The van der Waals surface area contributed by atoms with E-state index in [1.807, 2.05) is 36.4 Å². The lowest BCUT2D eigenvalue weighted by Gasteiger charge is -2.24. The molecule has 0 radical (unpaired) electrons. The molecule has 0 aromatic heterocycles. The number of rotatable bonds is 3. The number of hydrogen-bond acceptors (Lipinski definition) is 2. The molecule has 130 valence electrons. The number of halogens is 1. The summed E-state index contributed by atoms with van der Waals surface area (Å²) in [4.78, 5) is 0. The molecule has 25 heavy (non-hydrogen) atoms. The summed E-state index contributed by atoms with van der Waals surface area (Å²) in [6.45, 7) is 1.000. The van der Waals surface area contributed by atoms with Gasteiger partial charge in [-0.1, -0.05) is 66.2 Å². The Kier molecular flexibility index (Phi) is 4.44. The molecule has 0 spiro atoms. The standard InChI is InChI=1S/C20H20ClNO2S/c21-19-9-6-15(7-10-19)13-22-14-18-12-17(16-4-2-1-3-5-16)8-11-20(18)25(22,23)24/h1-11,17-18,20H,12-14H2/t17-,18-,20+/m1/s1. The molecule has 1 heterocycles. The van der Waals surface area contributed by atoms with Gasteiger partial charge in [-0.3, -0.25) is 0 Å². The molecule has 5 heteroatoms. The fourth-order valence-electron chi connectivity index (χ4n) is 3.89. The van der Waals surface area contributed by atoms with Gasteiger partial charge in [0.25, 0.3) is 0 Å². The second kappa shape index (κ2) is 6.60. The summed E-state index contributed by atoms with van der Waals surface area (Å²) in [6, 6.07) is 17.7. The minimum absolute atomic E-state index is 0.146. The lowest BCUT2D eigenvalue weighted by molar-refractivity contribution is 0.369. The van der Waals surface area contributed by atoms with Crippen molar-refractivity contribution in [3.05, 3.63) is 82.9 Å². The Morgan fingerprint density at radius 1 is 1.00 bits per heavy atom. The van der Waals surface area contributed by atoms with Crippen molar-refractivity contribution >= 4 is 21.6 Å². The van der Waals surface area contributed by atoms with Gasteiger partial charge in [0.2, 0.25) is 10.0 Å². The molecule has 3 nitrogen and oxygen atoms in total. The van der Waals surface area contributed by atoms with E-state index in [0.29, 0.717) is 24.0 Å². The number of nitrogens with zero attached hydrogens (tertiary/aromatic N) is 1. The SMILES string of the molecule is O=S1(=O)[C@H]2C=C[C@@H](c3ccccc3)C[C@@H]2CN1Cc1ccc(Cl)cc1. The van der Waals surface area contributed by atoms with Crippen LogP contribution >= 0.6 is 11.6 Å². The molecule has 1 aliphatic heterocycles. The second-order valence-electron chi connectivity index (χ2n) is 6.83. The first kappa shape index (κ1) is 16.8. The first-order chi connectivity index (χ1) is 12.0. The Balaban J connectivity index is 1.54. The van der Waals surface area contributed by atoms with E-state index < -0.39 is 10.0 Å². The maximum absolute atomic E-state index is 12.9. The second-order valence-corrected chi connectivity index (χ2v) is 9.35. The van der Waals surface area contributed by atoms with Crippen LogP contribution < -0.4 is 0 Å². The Hall–Kier alpha value is -1.62. The van der Waals surface area contributed by atoms with Gasteiger partial charge in [0.1, 0.15) is 0 Å². The third kappa shape index (κ3) is 3.26. The maximum Gasteiger partial charge on any atom is 0.221 e. The van der Waals surface area contributed by atoms with E-state index in [-0.39, 0.29) is 11.2 Å². The summed E-state index contributed by atoms with van der Waals surface area (Å²) in [7, 11) is -3.29. The maximum atomic E-state index is 12.9. The van der Waals surface area contributed by atoms with Crippen molar-refractivity contribution in [2.24, 2.45) is 5.92 Å². The molecule has 0 saturated carbocycles. The fourth-order valence-corrected chi connectivity index (χ4v) is 6.06. The molecular weight excluding hydrogens is 354 g/mol. The highest BCUT2D eigenvalue weighted by Crippen LogP contribution is 2.40. The van der Waals surface area contributed by atoms with Gasteiger partial charge in [0, 0.05) is 24.0 Å². The average molecular weight is 374 g/mol. The molecule has 2 aliphatic rings. The van der Waals surface area contributed by atoms with Crippen LogP contribution in [0.3, 0.4) is 0 Å². The van der Waals surface area contributed by atoms with Crippen molar-refractivity contribution in [3.63, 3.8) is 0 Å². The topological polar surface area (TPSA) is 37.4 Å². The van der Waals surface area contributed by atoms with Crippen LogP contribution in [0.2, 0.25) is 5.02 Å². The highest BCUT2D eigenvalue weighted by molar-refractivity contribution is 7.90. The number of benzene rings is 2. The summed E-state index contributed by atoms with van der Waals surface area (Å²) < 4.78 is 27.4. The molecule has 2 aromatic carbocycles. The predicted octanol–water partition coefficient (Wildman–Crippen LogP) is 4.21. The number of fused-ring (bicyclic) bond motifs is 1. The van der Waals surface area contributed by atoms with Crippen LogP contribution in [0.5, 0.6) is 0 Å². The Morgan fingerprint density at radius 2 is 1.72 bits per heavy atom. The molecule has 1 saturated heterocycles. The van der Waals surface area contributed by atoms with Gasteiger partial charge in [-0.25, -0.2) is 8.42 Å². The van der Waals surface area contributed by atoms with Crippen molar-refractivity contribution in [2.75, 3.05) is 6.54 Å².